The first-order chi connectivity index (χ1) is 8.93. The van der Waals surface area contributed by atoms with Gasteiger partial charge >= 0.3 is 12.0 Å². The van der Waals surface area contributed by atoms with Gasteiger partial charge < -0.3 is 20.6 Å². The maximum Gasteiger partial charge on any atom is 0.326 e. The summed E-state index contributed by atoms with van der Waals surface area (Å²) in [4.78, 5) is 35.2. The van der Waals surface area contributed by atoms with E-state index in [1.54, 1.807) is 0 Å². The summed E-state index contributed by atoms with van der Waals surface area (Å²) in [5.41, 5.74) is 0. The highest BCUT2D eigenvalue weighted by Gasteiger charge is 2.36. The molecule has 0 aliphatic carbocycles. The third-order valence-electron chi connectivity index (χ3n) is 3.22. The van der Waals surface area contributed by atoms with Gasteiger partial charge in [-0.05, 0) is 18.8 Å². The van der Waals surface area contributed by atoms with Crippen LogP contribution in [0.15, 0.2) is 0 Å². The molecule has 0 aromatic rings. The summed E-state index contributed by atoms with van der Waals surface area (Å²) in [6, 6.07) is -1.15. The number of piperidine rings is 1. The minimum absolute atomic E-state index is 0.0488. The summed E-state index contributed by atoms with van der Waals surface area (Å²) in [7, 11) is 0. The van der Waals surface area contributed by atoms with Gasteiger partial charge in [0.25, 0.3) is 0 Å². The number of hydrogen-bond donors (Lipinski definition) is 3. The maximum absolute atomic E-state index is 11.9. The number of carbonyl (C=O) groups excluding carboxylic acids is 2. The van der Waals surface area contributed by atoms with Crippen LogP contribution in [0.3, 0.4) is 0 Å². The van der Waals surface area contributed by atoms with Crippen LogP contribution in [0.5, 0.6) is 0 Å². The van der Waals surface area contributed by atoms with E-state index >= 15 is 0 Å². The molecule has 1 fully saturated rings. The van der Waals surface area contributed by atoms with E-state index in [0.717, 1.165) is 12.8 Å². The lowest BCUT2D eigenvalue weighted by Gasteiger charge is -2.37. The Morgan fingerprint density at radius 1 is 1.26 bits per heavy atom. The summed E-state index contributed by atoms with van der Waals surface area (Å²) in [6.07, 6.45) is 1.62. The second kappa shape index (κ2) is 6.96. The van der Waals surface area contributed by atoms with Crippen LogP contribution in [0, 0.1) is 5.92 Å². The molecule has 0 radical (unpaired) electrons. The van der Waals surface area contributed by atoms with Gasteiger partial charge in [0.05, 0.1) is 0 Å². The van der Waals surface area contributed by atoms with Crippen molar-refractivity contribution in [3.8, 4) is 0 Å². The molecular weight excluding hydrogens is 250 g/mol. The molecule has 0 aromatic heterocycles. The number of urea groups is 1. The number of nitrogens with zero attached hydrogens (tertiary/aromatic N) is 1. The first-order valence-corrected chi connectivity index (χ1v) is 6.45. The first kappa shape index (κ1) is 15.3. The minimum Gasteiger partial charge on any atom is -0.480 e. The summed E-state index contributed by atoms with van der Waals surface area (Å²) in [5, 5.41) is 14.4. The molecule has 108 valence electrons. The van der Waals surface area contributed by atoms with Crippen molar-refractivity contribution < 1.29 is 19.5 Å². The molecule has 3 N–H and O–H groups in total. The maximum atomic E-state index is 11.9. The molecule has 7 heteroatoms. The van der Waals surface area contributed by atoms with E-state index in [2.05, 4.69) is 10.6 Å². The Balaban J connectivity index is 2.49. The SMILES string of the molecule is CC(=O)NCCNC(=O)N1CCCC(C)C1C(=O)O. The van der Waals surface area contributed by atoms with Crippen LogP contribution in [-0.4, -0.2) is 53.6 Å². The molecule has 7 nitrogen and oxygen atoms in total. The van der Waals surface area contributed by atoms with Gasteiger partial charge in [-0.1, -0.05) is 6.92 Å². The van der Waals surface area contributed by atoms with Gasteiger partial charge in [-0.3, -0.25) is 4.79 Å². The molecule has 1 aliphatic heterocycles. The molecule has 2 atom stereocenters. The summed E-state index contributed by atoms with van der Waals surface area (Å²) in [5.74, 6) is -1.18. The quantitative estimate of drug-likeness (QED) is 0.628. The van der Waals surface area contributed by atoms with Crippen molar-refractivity contribution in [1.29, 1.82) is 0 Å². The lowest BCUT2D eigenvalue weighted by Crippen LogP contribution is -2.55. The molecule has 2 unspecified atom stereocenters. The second-order valence-corrected chi connectivity index (χ2v) is 4.81. The highest BCUT2D eigenvalue weighted by atomic mass is 16.4. The minimum atomic E-state index is -0.968. The zero-order valence-corrected chi connectivity index (χ0v) is 11.3. The fraction of sp³-hybridized carbons (Fsp3) is 0.750. The van der Waals surface area contributed by atoms with Crippen molar-refractivity contribution in [2.45, 2.75) is 32.7 Å². The predicted molar refractivity (Wildman–Crippen MR) is 68.6 cm³/mol. The largest absolute Gasteiger partial charge is 0.480 e. The zero-order valence-electron chi connectivity index (χ0n) is 11.3. The number of amides is 3. The Hall–Kier alpha value is -1.79. The van der Waals surface area contributed by atoms with E-state index in [4.69, 9.17) is 0 Å². The van der Waals surface area contributed by atoms with Crippen LogP contribution in [0.25, 0.3) is 0 Å². The van der Waals surface area contributed by atoms with Gasteiger partial charge in [0, 0.05) is 26.6 Å². The average Bonchev–Trinajstić information content (AvgIpc) is 2.33. The molecule has 19 heavy (non-hydrogen) atoms. The van der Waals surface area contributed by atoms with Gasteiger partial charge in [0.2, 0.25) is 5.91 Å². The number of carboxylic acids is 1. The molecule has 0 aromatic carbocycles. The number of aliphatic carboxylic acids is 1. The van der Waals surface area contributed by atoms with Crippen LogP contribution < -0.4 is 10.6 Å². The molecular formula is C12H21N3O4. The number of carboxylic acid groups (broad SMARTS) is 1. The van der Waals surface area contributed by atoms with E-state index in [1.165, 1.54) is 11.8 Å². The monoisotopic (exact) mass is 271 g/mol. The topological polar surface area (TPSA) is 98.7 Å². The van der Waals surface area contributed by atoms with Crippen molar-refractivity contribution in [2.75, 3.05) is 19.6 Å². The normalized spacial score (nSPS) is 22.7. The second-order valence-electron chi connectivity index (χ2n) is 4.81. The molecule has 1 saturated heterocycles. The fourth-order valence-electron chi connectivity index (χ4n) is 2.30. The lowest BCUT2D eigenvalue weighted by atomic mass is 9.91. The summed E-state index contributed by atoms with van der Waals surface area (Å²) in [6.45, 7) is 4.31. The molecule has 1 rings (SSSR count). The van der Waals surface area contributed by atoms with E-state index in [-0.39, 0.29) is 24.4 Å². The molecule has 0 spiro atoms. The van der Waals surface area contributed by atoms with Crippen molar-refractivity contribution >= 4 is 17.9 Å². The van der Waals surface area contributed by atoms with Crippen LogP contribution >= 0.6 is 0 Å². The Labute approximate surface area is 112 Å². The third kappa shape index (κ3) is 4.42. The lowest BCUT2D eigenvalue weighted by molar-refractivity contribution is -0.145. The Kier molecular flexibility index (Phi) is 5.59. The molecule has 3 amide bonds. The van der Waals surface area contributed by atoms with E-state index in [0.29, 0.717) is 13.1 Å². The number of likely N-dealkylation sites (tertiary alicyclic amines) is 1. The van der Waals surface area contributed by atoms with Gasteiger partial charge in [0.15, 0.2) is 0 Å². The van der Waals surface area contributed by atoms with Crippen molar-refractivity contribution in [2.24, 2.45) is 5.92 Å². The van der Waals surface area contributed by atoms with Gasteiger partial charge in [-0.25, -0.2) is 9.59 Å². The summed E-state index contributed by atoms with van der Waals surface area (Å²) < 4.78 is 0. The molecule has 1 aliphatic rings. The molecule has 0 bridgehead atoms. The predicted octanol–water partition coefficient (Wildman–Crippen LogP) is 0.0172. The highest BCUT2D eigenvalue weighted by Crippen LogP contribution is 2.23. The Morgan fingerprint density at radius 3 is 2.47 bits per heavy atom. The third-order valence-corrected chi connectivity index (χ3v) is 3.22. The van der Waals surface area contributed by atoms with Gasteiger partial charge in [-0.15, -0.1) is 0 Å². The Bertz CT molecular complexity index is 359. The first-order valence-electron chi connectivity index (χ1n) is 6.45. The van der Waals surface area contributed by atoms with Crippen LogP contribution in [-0.2, 0) is 9.59 Å². The zero-order chi connectivity index (χ0) is 14.4. The van der Waals surface area contributed by atoms with Crippen molar-refractivity contribution in [3.05, 3.63) is 0 Å². The summed E-state index contributed by atoms with van der Waals surface area (Å²) >= 11 is 0. The smallest absolute Gasteiger partial charge is 0.326 e. The highest BCUT2D eigenvalue weighted by molar-refractivity contribution is 5.83. The molecule has 0 saturated carbocycles. The van der Waals surface area contributed by atoms with Gasteiger partial charge in [0.1, 0.15) is 6.04 Å². The standard InChI is InChI=1S/C12H21N3O4/c1-8-4-3-7-15(10(8)11(17)18)12(19)14-6-5-13-9(2)16/h8,10H,3-7H2,1-2H3,(H,13,16)(H,14,19)(H,17,18). The van der Waals surface area contributed by atoms with Crippen LogP contribution in [0.2, 0.25) is 0 Å². The van der Waals surface area contributed by atoms with E-state index < -0.39 is 12.0 Å². The number of nitrogens with one attached hydrogen (secondary N) is 2. The van der Waals surface area contributed by atoms with E-state index in [1.807, 2.05) is 6.92 Å². The van der Waals surface area contributed by atoms with Crippen molar-refractivity contribution in [1.82, 2.24) is 15.5 Å². The van der Waals surface area contributed by atoms with Crippen molar-refractivity contribution in [3.63, 3.8) is 0 Å². The van der Waals surface area contributed by atoms with Gasteiger partial charge in [-0.2, -0.15) is 0 Å². The number of carbonyl (C=O) groups is 3. The number of hydrogen-bond acceptors (Lipinski definition) is 3. The fourth-order valence-corrected chi connectivity index (χ4v) is 2.30. The molecule has 1 heterocycles. The van der Waals surface area contributed by atoms with Crippen LogP contribution in [0.1, 0.15) is 26.7 Å². The number of rotatable bonds is 4. The Morgan fingerprint density at radius 2 is 1.89 bits per heavy atom. The average molecular weight is 271 g/mol. The van der Waals surface area contributed by atoms with E-state index in [9.17, 15) is 19.5 Å². The van der Waals surface area contributed by atoms with Crippen LogP contribution in [0.4, 0.5) is 4.79 Å².